The molecular formula is C18H14O4S2. The van der Waals surface area contributed by atoms with Crippen LogP contribution in [0.15, 0.2) is 24.3 Å². The number of thiophene rings is 2. The summed E-state index contributed by atoms with van der Waals surface area (Å²) in [5.74, 6) is -4.08. The molecule has 24 heavy (non-hydrogen) atoms. The number of rotatable bonds is 0. The van der Waals surface area contributed by atoms with Crippen LogP contribution < -0.4 is 0 Å². The highest BCUT2D eigenvalue weighted by Crippen LogP contribution is 2.56. The molecule has 0 atom stereocenters. The summed E-state index contributed by atoms with van der Waals surface area (Å²) in [7, 11) is 0. The van der Waals surface area contributed by atoms with E-state index >= 15 is 0 Å². The zero-order valence-corrected chi connectivity index (χ0v) is 14.5. The van der Waals surface area contributed by atoms with Crippen LogP contribution in [0.25, 0.3) is 22.3 Å². The van der Waals surface area contributed by atoms with Crippen LogP contribution in [-0.2, 0) is 11.6 Å². The van der Waals surface area contributed by atoms with Gasteiger partial charge in [-0.3, -0.25) is 0 Å². The molecule has 0 radical (unpaired) electrons. The molecule has 0 saturated heterocycles. The molecule has 122 valence electrons. The quantitative estimate of drug-likeness (QED) is 0.466. The van der Waals surface area contributed by atoms with E-state index in [9.17, 15) is 20.4 Å². The molecule has 2 aliphatic rings. The van der Waals surface area contributed by atoms with Gasteiger partial charge >= 0.3 is 0 Å². The van der Waals surface area contributed by atoms with Gasteiger partial charge in [-0.1, -0.05) is 0 Å². The summed E-state index contributed by atoms with van der Waals surface area (Å²) in [4.78, 5) is 2.93. The van der Waals surface area contributed by atoms with Gasteiger partial charge in [-0.15, -0.1) is 22.7 Å². The molecule has 0 saturated carbocycles. The van der Waals surface area contributed by atoms with Crippen LogP contribution in [0.5, 0.6) is 0 Å². The van der Waals surface area contributed by atoms with Crippen molar-refractivity contribution in [1.82, 2.24) is 0 Å². The van der Waals surface area contributed by atoms with Gasteiger partial charge in [-0.2, -0.15) is 0 Å². The van der Waals surface area contributed by atoms with Gasteiger partial charge in [0.15, 0.2) is 0 Å². The van der Waals surface area contributed by atoms with Crippen LogP contribution in [-0.4, -0.2) is 20.4 Å². The molecule has 0 unspecified atom stereocenters. The Morgan fingerprint density at radius 1 is 0.625 bits per heavy atom. The van der Waals surface area contributed by atoms with E-state index in [-0.39, 0.29) is 0 Å². The predicted octanol–water partition coefficient (Wildman–Crippen LogP) is 2.76. The van der Waals surface area contributed by atoms with E-state index in [1.54, 1.807) is 12.1 Å². The number of aryl methyl sites for hydroxylation is 2. The van der Waals surface area contributed by atoms with Gasteiger partial charge < -0.3 is 20.4 Å². The van der Waals surface area contributed by atoms with E-state index < -0.39 is 11.6 Å². The lowest BCUT2D eigenvalue weighted by Crippen LogP contribution is -2.24. The fourth-order valence-electron chi connectivity index (χ4n) is 3.81. The summed E-state index contributed by atoms with van der Waals surface area (Å²) in [5, 5.41) is 42.7. The van der Waals surface area contributed by atoms with Gasteiger partial charge in [0, 0.05) is 32.0 Å². The lowest BCUT2D eigenvalue weighted by molar-refractivity contribution is -0.128. The van der Waals surface area contributed by atoms with Crippen molar-refractivity contribution >= 4 is 22.7 Å². The minimum absolute atomic E-state index is 0.398. The third-order valence-corrected chi connectivity index (χ3v) is 7.13. The molecule has 6 heteroatoms. The Hall–Kier alpha value is -1.54. The van der Waals surface area contributed by atoms with Gasteiger partial charge in [0.25, 0.3) is 0 Å². The van der Waals surface area contributed by atoms with Gasteiger partial charge in [-0.25, -0.2) is 0 Å². The Labute approximate surface area is 145 Å². The second-order valence-electron chi connectivity index (χ2n) is 6.49. The van der Waals surface area contributed by atoms with Crippen LogP contribution in [0.3, 0.4) is 0 Å². The minimum Gasteiger partial charge on any atom is -0.358 e. The van der Waals surface area contributed by atoms with Crippen molar-refractivity contribution in [2.24, 2.45) is 0 Å². The van der Waals surface area contributed by atoms with Crippen LogP contribution >= 0.6 is 22.7 Å². The van der Waals surface area contributed by atoms with E-state index in [1.807, 2.05) is 26.0 Å². The van der Waals surface area contributed by atoms with E-state index in [0.29, 0.717) is 32.0 Å². The topological polar surface area (TPSA) is 80.9 Å². The zero-order valence-electron chi connectivity index (χ0n) is 12.9. The van der Waals surface area contributed by atoms with Gasteiger partial charge in [0.05, 0.1) is 9.75 Å². The maximum absolute atomic E-state index is 10.7. The molecule has 2 aromatic heterocycles. The smallest absolute Gasteiger partial charge is 0.228 e. The van der Waals surface area contributed by atoms with Gasteiger partial charge in [0.2, 0.25) is 11.6 Å². The third kappa shape index (κ3) is 1.56. The number of aliphatic hydroxyl groups is 4. The Morgan fingerprint density at radius 2 is 1.00 bits per heavy atom. The largest absolute Gasteiger partial charge is 0.358 e. The van der Waals surface area contributed by atoms with Gasteiger partial charge in [0.1, 0.15) is 0 Å². The normalized spacial score (nSPS) is 18.2. The van der Waals surface area contributed by atoms with Crippen molar-refractivity contribution in [1.29, 1.82) is 0 Å². The first-order valence-electron chi connectivity index (χ1n) is 7.52. The minimum atomic E-state index is -2.04. The molecule has 0 fully saturated rings. The van der Waals surface area contributed by atoms with Crippen molar-refractivity contribution in [3.05, 3.63) is 54.9 Å². The average Bonchev–Trinajstić information content (AvgIpc) is 3.17. The van der Waals surface area contributed by atoms with E-state index in [0.717, 1.165) is 20.9 Å². The molecule has 2 heterocycles. The fourth-order valence-corrected chi connectivity index (χ4v) is 5.87. The summed E-state index contributed by atoms with van der Waals surface area (Å²) < 4.78 is 0. The molecule has 3 aromatic rings. The second-order valence-corrected chi connectivity index (χ2v) is 9.00. The summed E-state index contributed by atoms with van der Waals surface area (Å²) in [6.07, 6.45) is 0. The van der Waals surface area contributed by atoms with Crippen LogP contribution in [0.2, 0.25) is 0 Å². The number of hydrogen-bond donors (Lipinski definition) is 4. The average molecular weight is 358 g/mol. The van der Waals surface area contributed by atoms with E-state index in [1.165, 1.54) is 22.7 Å². The molecule has 0 aliphatic heterocycles. The molecule has 0 amide bonds. The Bertz CT molecular complexity index is 956. The Morgan fingerprint density at radius 3 is 1.38 bits per heavy atom. The van der Waals surface area contributed by atoms with Crippen molar-refractivity contribution in [3.8, 4) is 22.3 Å². The van der Waals surface area contributed by atoms with Crippen LogP contribution in [0, 0.1) is 13.8 Å². The highest BCUT2D eigenvalue weighted by atomic mass is 32.1. The number of fused-ring (bicyclic) bond motifs is 6. The summed E-state index contributed by atoms with van der Waals surface area (Å²) >= 11 is 2.69. The number of hydrogen-bond acceptors (Lipinski definition) is 6. The SMILES string of the molecule is Cc1cc2c(s1)C(O)(O)c1cc3c(cc1-2)C(O)(O)c1sc(C)cc1-3. The van der Waals surface area contributed by atoms with Crippen LogP contribution in [0.4, 0.5) is 0 Å². The summed E-state index contributed by atoms with van der Waals surface area (Å²) in [6.45, 7) is 3.82. The maximum Gasteiger partial charge on any atom is 0.228 e. The first kappa shape index (κ1) is 14.8. The Kier molecular flexibility index (Phi) is 2.56. The fraction of sp³-hybridized carbons (Fsp3) is 0.222. The Balaban J connectivity index is 1.86. The van der Waals surface area contributed by atoms with Crippen molar-refractivity contribution < 1.29 is 20.4 Å². The highest BCUT2D eigenvalue weighted by Gasteiger charge is 2.47. The zero-order chi connectivity index (χ0) is 17.0. The molecule has 4 nitrogen and oxygen atoms in total. The first-order chi connectivity index (χ1) is 11.2. The predicted molar refractivity (Wildman–Crippen MR) is 93.0 cm³/mol. The summed E-state index contributed by atoms with van der Waals surface area (Å²) in [6, 6.07) is 7.19. The molecule has 1 aromatic carbocycles. The van der Waals surface area contributed by atoms with Gasteiger partial charge in [-0.05, 0) is 49.2 Å². The standard InChI is InChI=1S/C18H14O4S2/c1-7-3-11-9-5-14-10(6-13(9)17(19,20)15(11)23-7)12-4-8(2)24-16(12)18(14,21)22/h3-6,19-22H,1-2H3. The molecule has 2 aliphatic carbocycles. The first-order valence-corrected chi connectivity index (χ1v) is 9.15. The second kappa shape index (κ2) is 4.16. The van der Waals surface area contributed by atoms with Crippen molar-refractivity contribution in [3.63, 3.8) is 0 Å². The molecular weight excluding hydrogens is 344 g/mol. The number of benzene rings is 1. The van der Waals surface area contributed by atoms with E-state index in [4.69, 9.17) is 0 Å². The maximum atomic E-state index is 10.7. The molecule has 0 spiro atoms. The lowest BCUT2D eigenvalue weighted by atomic mass is 9.95. The van der Waals surface area contributed by atoms with Crippen LogP contribution in [0.1, 0.15) is 30.6 Å². The monoisotopic (exact) mass is 358 g/mol. The van der Waals surface area contributed by atoms with Crippen molar-refractivity contribution in [2.45, 2.75) is 25.4 Å². The van der Waals surface area contributed by atoms with E-state index in [2.05, 4.69) is 0 Å². The third-order valence-electron chi connectivity index (χ3n) is 4.83. The lowest BCUT2D eigenvalue weighted by Gasteiger charge is -2.20. The summed E-state index contributed by atoms with van der Waals surface area (Å²) in [5.41, 5.74) is 3.60. The molecule has 5 rings (SSSR count). The highest BCUT2D eigenvalue weighted by molar-refractivity contribution is 7.13. The van der Waals surface area contributed by atoms with Crippen molar-refractivity contribution in [2.75, 3.05) is 0 Å². The molecule has 0 bridgehead atoms. The molecule has 4 N–H and O–H groups in total.